The van der Waals surface area contributed by atoms with Crippen molar-refractivity contribution in [3.05, 3.63) is 72.9 Å². The summed E-state index contributed by atoms with van der Waals surface area (Å²) < 4.78 is 33.8. The van der Waals surface area contributed by atoms with Crippen LogP contribution in [0.5, 0.6) is 0 Å². The zero-order chi connectivity index (χ0) is 45.1. The number of carbonyl (C=O) groups excluding carboxylic acids is 2. The summed E-state index contributed by atoms with van der Waals surface area (Å²) in [6.07, 6.45) is 48.2. The van der Waals surface area contributed by atoms with Gasteiger partial charge >= 0.3 is 11.9 Å². The van der Waals surface area contributed by atoms with Crippen LogP contribution in [0.4, 0.5) is 0 Å². The second-order valence-corrected chi connectivity index (χ2v) is 18.4. The number of carbonyl (C=O) groups is 2. The Balaban J connectivity index is 4.51. The summed E-state index contributed by atoms with van der Waals surface area (Å²) in [6, 6.07) is 0. The maximum Gasteiger partial charge on any atom is 0.306 e. The van der Waals surface area contributed by atoms with Crippen molar-refractivity contribution in [3.63, 3.8) is 0 Å². The average Bonchev–Trinajstić information content (AvgIpc) is 3.21. The maximum absolute atomic E-state index is 12.7. The molecule has 11 heteroatoms. The predicted molar refractivity (Wildman–Crippen MR) is 251 cm³/mol. The zero-order valence-corrected chi connectivity index (χ0v) is 40.1. The summed E-state index contributed by atoms with van der Waals surface area (Å²) in [5, 5.41) is 10.2. The van der Waals surface area contributed by atoms with Gasteiger partial charge in [-0.15, -0.1) is 0 Å². The number of ether oxygens (including phenoxy) is 2. The molecule has 352 valence electrons. The zero-order valence-electron chi connectivity index (χ0n) is 39.2. The molecule has 0 aliphatic rings. The van der Waals surface area contributed by atoms with Crippen molar-refractivity contribution in [3.8, 4) is 0 Å². The smallest absolute Gasteiger partial charge is 0.306 e. The van der Waals surface area contributed by atoms with E-state index in [9.17, 15) is 24.2 Å². The highest BCUT2D eigenvalue weighted by atomic mass is 31.2. The van der Waals surface area contributed by atoms with E-state index in [1.807, 2.05) is 45.4 Å². The van der Waals surface area contributed by atoms with E-state index in [0.717, 1.165) is 44.9 Å². The fourth-order valence-corrected chi connectivity index (χ4v) is 6.85. The number of quaternary nitrogens is 1. The molecule has 10 nitrogen and oxygen atoms in total. The molecule has 2 unspecified atom stereocenters. The fourth-order valence-electron chi connectivity index (χ4n) is 6.12. The predicted octanol–water partition coefficient (Wildman–Crippen LogP) is 12.1. The van der Waals surface area contributed by atoms with Crippen LogP contribution in [0.2, 0.25) is 0 Å². The Morgan fingerprint density at radius 3 is 1.69 bits per heavy atom. The fraction of sp³-hybridized carbons (Fsp3) is 0.720. The Morgan fingerprint density at radius 1 is 0.623 bits per heavy atom. The number of phosphoric ester groups is 1. The Bertz CT molecular complexity index is 1280. The van der Waals surface area contributed by atoms with Gasteiger partial charge in [0, 0.05) is 12.8 Å². The topological polar surface area (TPSA) is 131 Å². The molecule has 0 fully saturated rings. The van der Waals surface area contributed by atoms with Crippen molar-refractivity contribution in [2.24, 2.45) is 0 Å². The summed E-state index contributed by atoms with van der Waals surface area (Å²) in [4.78, 5) is 37.6. The van der Waals surface area contributed by atoms with Crippen molar-refractivity contribution in [1.29, 1.82) is 0 Å². The van der Waals surface area contributed by atoms with Gasteiger partial charge in [-0.3, -0.25) is 14.2 Å². The molecule has 0 saturated heterocycles. The molecule has 0 aromatic heterocycles. The molecule has 0 aromatic carbocycles. The van der Waals surface area contributed by atoms with Gasteiger partial charge in [0.25, 0.3) is 7.82 Å². The van der Waals surface area contributed by atoms with Gasteiger partial charge in [-0.1, -0.05) is 189 Å². The lowest BCUT2D eigenvalue weighted by Crippen LogP contribution is -2.37. The second kappa shape index (κ2) is 41.4. The molecule has 0 amide bonds. The van der Waals surface area contributed by atoms with E-state index in [0.29, 0.717) is 30.3 Å². The molecule has 61 heavy (non-hydrogen) atoms. The van der Waals surface area contributed by atoms with Crippen LogP contribution >= 0.6 is 7.82 Å². The molecule has 0 saturated carbocycles. The average molecular weight is 878 g/mol. The molecule has 0 aromatic rings. The van der Waals surface area contributed by atoms with Crippen LogP contribution in [0.1, 0.15) is 174 Å². The quantitative estimate of drug-likeness (QED) is 0.0159. The normalized spacial score (nSPS) is 14.7. The Morgan fingerprint density at radius 2 is 1.15 bits per heavy atom. The third-order valence-electron chi connectivity index (χ3n) is 9.83. The van der Waals surface area contributed by atoms with Crippen molar-refractivity contribution >= 4 is 19.8 Å². The van der Waals surface area contributed by atoms with E-state index in [4.69, 9.17) is 18.5 Å². The van der Waals surface area contributed by atoms with Gasteiger partial charge in [0.1, 0.15) is 19.8 Å². The monoisotopic (exact) mass is 878 g/mol. The number of allylic oxidation sites excluding steroid dienone is 10. The lowest BCUT2D eigenvalue weighted by molar-refractivity contribution is -0.870. The molecule has 0 spiro atoms. The number of aliphatic hydroxyl groups is 1. The number of phosphoric acid groups is 1. The first-order valence-corrected chi connectivity index (χ1v) is 25.2. The highest BCUT2D eigenvalue weighted by Gasteiger charge is 2.21. The van der Waals surface area contributed by atoms with Gasteiger partial charge in [0.2, 0.25) is 0 Å². The Hall–Kier alpha value is -2.59. The lowest BCUT2D eigenvalue weighted by atomic mass is 10.0. The van der Waals surface area contributed by atoms with Crippen LogP contribution in [0.25, 0.3) is 0 Å². The first-order chi connectivity index (χ1) is 29.4. The van der Waals surface area contributed by atoms with Crippen LogP contribution in [-0.2, 0) is 32.7 Å². The Kier molecular flexibility index (Phi) is 39.7. The minimum Gasteiger partial charge on any atom is -0.756 e. The van der Waals surface area contributed by atoms with E-state index in [1.165, 1.54) is 83.5 Å². The van der Waals surface area contributed by atoms with Gasteiger partial charge < -0.3 is 33.0 Å². The SMILES string of the molecule is CC/C=C\C/C=C\C/C=C\C/C=C\C=C/C(O)C/C=C\CCC(=O)OC[C@H](COP(=O)([O-])OCC[N+](C)(C)C)OC(=O)CCCCCCCCCCCCCCCCCCC. The molecule has 0 heterocycles. The third kappa shape index (κ3) is 45.3. The summed E-state index contributed by atoms with van der Waals surface area (Å²) in [5.74, 6) is -1.02. The van der Waals surface area contributed by atoms with E-state index >= 15 is 0 Å². The second-order valence-electron chi connectivity index (χ2n) is 16.9. The maximum atomic E-state index is 12.7. The number of hydrogen-bond acceptors (Lipinski definition) is 9. The molecule has 0 radical (unpaired) electrons. The van der Waals surface area contributed by atoms with Crippen molar-refractivity contribution in [1.82, 2.24) is 0 Å². The van der Waals surface area contributed by atoms with E-state index in [2.05, 4.69) is 50.3 Å². The Labute approximate surface area is 372 Å². The van der Waals surface area contributed by atoms with Crippen molar-refractivity contribution < 1.29 is 47.2 Å². The van der Waals surface area contributed by atoms with Crippen molar-refractivity contribution in [2.75, 3.05) is 47.5 Å². The number of likely N-dealkylation sites (N-methyl/N-ethyl adjacent to an activating group) is 1. The van der Waals surface area contributed by atoms with E-state index in [-0.39, 0.29) is 26.1 Å². The van der Waals surface area contributed by atoms with E-state index < -0.39 is 38.6 Å². The molecular weight excluding hydrogens is 790 g/mol. The van der Waals surface area contributed by atoms with Crippen LogP contribution in [-0.4, -0.2) is 81.2 Å². The molecule has 0 rings (SSSR count). The van der Waals surface area contributed by atoms with Crippen LogP contribution in [0.15, 0.2) is 72.9 Å². The molecule has 3 atom stereocenters. The molecule has 1 N–H and O–H groups in total. The van der Waals surface area contributed by atoms with Gasteiger partial charge in [-0.2, -0.15) is 0 Å². The largest absolute Gasteiger partial charge is 0.756 e. The number of nitrogens with zero attached hydrogens (tertiary/aromatic N) is 1. The van der Waals surface area contributed by atoms with Crippen LogP contribution < -0.4 is 4.89 Å². The molecular formula is C50H88NO9P. The molecule has 0 aliphatic carbocycles. The number of aliphatic hydroxyl groups excluding tert-OH is 1. The van der Waals surface area contributed by atoms with E-state index in [1.54, 1.807) is 12.2 Å². The number of rotatable bonds is 42. The number of esters is 2. The molecule has 0 bridgehead atoms. The van der Waals surface area contributed by atoms with Gasteiger partial charge in [0.15, 0.2) is 6.10 Å². The van der Waals surface area contributed by atoms with Crippen molar-refractivity contribution in [2.45, 2.75) is 187 Å². The van der Waals surface area contributed by atoms with Crippen LogP contribution in [0, 0.1) is 0 Å². The first kappa shape index (κ1) is 58.4. The van der Waals surface area contributed by atoms with Crippen LogP contribution in [0.3, 0.4) is 0 Å². The van der Waals surface area contributed by atoms with Gasteiger partial charge in [0.05, 0.1) is 33.9 Å². The molecule has 0 aliphatic heterocycles. The number of hydrogen-bond donors (Lipinski definition) is 1. The number of unbranched alkanes of at least 4 members (excludes halogenated alkanes) is 16. The lowest BCUT2D eigenvalue weighted by Gasteiger charge is -2.28. The highest BCUT2D eigenvalue weighted by molar-refractivity contribution is 7.45. The summed E-state index contributed by atoms with van der Waals surface area (Å²) >= 11 is 0. The standard InChI is InChI=1S/C50H88NO9P/c1-6-8-10-12-14-16-18-20-21-22-23-25-27-29-31-33-37-42-50(54)60-48(46-59-61(55,56)58-44-43-51(3,4)5)45-57-49(53)41-38-34-36-40-47(52)39-35-32-30-28-26-24-19-17-15-13-11-9-7-2/h9,11,15,17,24,26,30,32,34-36,39,47-48,52H,6-8,10,12-14,16,18-23,25,27-29,31,33,37-38,40-46H2,1-5H3/b11-9-,17-15-,26-24-,32-30-,36-34-,39-35-/t47?,48-/m1/s1. The minimum absolute atomic E-state index is 0.0604. The van der Waals surface area contributed by atoms with Gasteiger partial charge in [-0.05, 0) is 44.9 Å². The third-order valence-corrected chi connectivity index (χ3v) is 10.8. The summed E-state index contributed by atoms with van der Waals surface area (Å²) in [6.45, 7) is 3.91. The first-order valence-electron chi connectivity index (χ1n) is 23.8. The minimum atomic E-state index is -4.67. The summed E-state index contributed by atoms with van der Waals surface area (Å²) in [5.41, 5.74) is 0. The van der Waals surface area contributed by atoms with Gasteiger partial charge in [-0.25, -0.2) is 0 Å². The highest BCUT2D eigenvalue weighted by Crippen LogP contribution is 2.38. The summed E-state index contributed by atoms with van der Waals surface area (Å²) in [7, 11) is 1.07.